The van der Waals surface area contributed by atoms with Crippen molar-refractivity contribution in [2.45, 2.75) is 38.5 Å². The van der Waals surface area contributed by atoms with E-state index < -0.39 is 0 Å². The average Bonchev–Trinajstić information content (AvgIpc) is 2.69. The summed E-state index contributed by atoms with van der Waals surface area (Å²) in [6.45, 7) is 0. The Balaban J connectivity index is 1.54. The van der Waals surface area contributed by atoms with Crippen molar-refractivity contribution >= 4 is 17.4 Å². The summed E-state index contributed by atoms with van der Waals surface area (Å²) >= 11 is 0. The number of anilines is 2. The molecule has 0 aromatic carbocycles. The van der Waals surface area contributed by atoms with E-state index in [1.165, 1.54) is 32.1 Å². The second kappa shape index (κ2) is 4.24. The zero-order valence-electron chi connectivity index (χ0n) is 11.6. The van der Waals surface area contributed by atoms with E-state index in [4.69, 9.17) is 11.5 Å². The number of nitrogen functional groups attached to an aromatic ring is 2. The van der Waals surface area contributed by atoms with Crippen molar-refractivity contribution in [3.63, 3.8) is 0 Å². The van der Waals surface area contributed by atoms with Crippen LogP contribution < -0.4 is 11.5 Å². The van der Waals surface area contributed by atoms with Crippen LogP contribution in [-0.2, 0) is 11.2 Å². The Hall–Kier alpha value is -1.52. The summed E-state index contributed by atoms with van der Waals surface area (Å²) in [5, 5.41) is 6.54. The molecule has 4 fully saturated rings. The largest absolute Gasteiger partial charge is 0.384 e. The number of nitrogens with two attached hydrogens (primary N) is 2. The number of rotatable bonds is 3. The van der Waals surface area contributed by atoms with Gasteiger partial charge < -0.3 is 11.5 Å². The Morgan fingerprint density at radius 1 is 1.10 bits per heavy atom. The van der Waals surface area contributed by atoms with Gasteiger partial charge in [-0.1, -0.05) is 0 Å². The number of nitrogens with one attached hydrogen (secondary N) is 1. The number of nitrogens with zero attached hydrogens (tertiary/aromatic N) is 1. The van der Waals surface area contributed by atoms with E-state index >= 15 is 0 Å². The lowest BCUT2D eigenvalue weighted by molar-refractivity contribution is -0.135. The molecular weight excluding hydrogens is 252 g/mol. The predicted molar refractivity (Wildman–Crippen MR) is 76.7 cm³/mol. The Morgan fingerprint density at radius 2 is 1.70 bits per heavy atom. The third kappa shape index (κ3) is 1.75. The smallest absolute Gasteiger partial charge is 0.151 e. The molecule has 0 aliphatic heterocycles. The number of aromatic amines is 1. The molecule has 4 aliphatic rings. The minimum absolute atomic E-state index is 0.247. The van der Waals surface area contributed by atoms with E-state index in [1.54, 1.807) is 0 Å². The first-order valence-corrected chi connectivity index (χ1v) is 7.72. The molecule has 0 unspecified atom stereocenters. The van der Waals surface area contributed by atoms with E-state index in [1.807, 2.05) is 0 Å². The molecule has 1 aromatic rings. The van der Waals surface area contributed by atoms with Gasteiger partial charge in [0.15, 0.2) is 5.82 Å². The maximum Gasteiger partial charge on any atom is 0.151 e. The van der Waals surface area contributed by atoms with Crippen molar-refractivity contribution in [2.24, 2.45) is 29.6 Å². The van der Waals surface area contributed by atoms with Gasteiger partial charge in [0.25, 0.3) is 0 Å². The van der Waals surface area contributed by atoms with Crippen LogP contribution in [0.1, 0.15) is 37.7 Å². The van der Waals surface area contributed by atoms with E-state index in [2.05, 4.69) is 10.2 Å². The fraction of sp³-hybridized carbons (Fsp3) is 0.733. The fourth-order valence-electron chi connectivity index (χ4n) is 5.32. The van der Waals surface area contributed by atoms with Crippen LogP contribution in [0.5, 0.6) is 0 Å². The minimum Gasteiger partial charge on any atom is -0.384 e. The number of carbonyl (C=O) groups excluding carboxylic acids is 1. The Kier molecular flexibility index (Phi) is 2.59. The highest BCUT2D eigenvalue weighted by molar-refractivity contribution is 5.86. The highest BCUT2D eigenvalue weighted by atomic mass is 16.1. The highest BCUT2D eigenvalue weighted by Crippen LogP contribution is 2.56. The molecule has 0 amide bonds. The summed E-state index contributed by atoms with van der Waals surface area (Å²) in [4.78, 5) is 12.8. The van der Waals surface area contributed by atoms with Gasteiger partial charge >= 0.3 is 0 Å². The van der Waals surface area contributed by atoms with Crippen LogP contribution in [0.25, 0.3) is 0 Å². The Morgan fingerprint density at radius 3 is 2.20 bits per heavy atom. The molecule has 0 radical (unpaired) electrons. The highest BCUT2D eigenvalue weighted by Gasteiger charge is 2.50. The summed E-state index contributed by atoms with van der Waals surface area (Å²) in [5.41, 5.74) is 12.3. The third-order valence-corrected chi connectivity index (χ3v) is 5.88. The molecule has 108 valence electrons. The van der Waals surface area contributed by atoms with Crippen molar-refractivity contribution in [3.8, 4) is 0 Å². The topological polar surface area (TPSA) is 97.8 Å². The second-order valence-corrected chi connectivity index (χ2v) is 7.10. The number of aromatic nitrogens is 2. The van der Waals surface area contributed by atoms with Crippen LogP contribution in [0, 0.1) is 29.6 Å². The van der Waals surface area contributed by atoms with Crippen LogP contribution in [0.2, 0.25) is 0 Å². The molecule has 5 N–H and O–H groups in total. The Bertz CT molecular complexity index is 503. The van der Waals surface area contributed by atoms with Gasteiger partial charge in [-0.05, 0) is 55.8 Å². The maximum atomic E-state index is 12.8. The summed E-state index contributed by atoms with van der Waals surface area (Å²) in [5.74, 6) is 4.42. The molecule has 4 bridgehead atoms. The van der Waals surface area contributed by atoms with Crippen LogP contribution in [-0.4, -0.2) is 16.0 Å². The standard InChI is InChI=1S/C15H22N4O/c16-14-11(15(17)19-18-14)6-12(20)13-9-2-7-1-8(4-9)5-10(13)3-7/h7-10,13H,1-6H2,(H5,16,17,18,19). The molecule has 20 heavy (non-hydrogen) atoms. The van der Waals surface area contributed by atoms with Crippen LogP contribution in [0.3, 0.4) is 0 Å². The molecule has 4 aliphatic carbocycles. The molecule has 1 heterocycles. The lowest BCUT2D eigenvalue weighted by Crippen LogP contribution is -2.48. The van der Waals surface area contributed by atoms with Gasteiger partial charge in [0.05, 0.1) is 0 Å². The molecule has 0 saturated heterocycles. The van der Waals surface area contributed by atoms with Gasteiger partial charge in [-0.25, -0.2) is 0 Å². The number of hydrogen-bond donors (Lipinski definition) is 3. The molecular formula is C15H22N4O. The van der Waals surface area contributed by atoms with Gasteiger partial charge in [0.1, 0.15) is 11.6 Å². The monoisotopic (exact) mass is 274 g/mol. The summed E-state index contributed by atoms with van der Waals surface area (Å²) < 4.78 is 0. The predicted octanol–water partition coefficient (Wildman–Crippen LogP) is 1.76. The van der Waals surface area contributed by atoms with Crippen molar-refractivity contribution < 1.29 is 4.79 Å². The number of ketones is 1. The number of H-pyrrole nitrogens is 1. The average molecular weight is 274 g/mol. The first-order chi connectivity index (χ1) is 9.61. The molecule has 0 atom stereocenters. The molecule has 5 rings (SSSR count). The van der Waals surface area contributed by atoms with Crippen LogP contribution in [0.4, 0.5) is 11.6 Å². The second-order valence-electron chi connectivity index (χ2n) is 7.10. The molecule has 5 nitrogen and oxygen atoms in total. The fourth-order valence-corrected chi connectivity index (χ4v) is 5.32. The molecule has 0 spiro atoms. The first-order valence-electron chi connectivity index (χ1n) is 7.72. The van der Waals surface area contributed by atoms with Gasteiger partial charge in [-0.15, -0.1) is 0 Å². The lowest BCUT2D eigenvalue weighted by Gasteiger charge is -2.53. The van der Waals surface area contributed by atoms with E-state index in [-0.39, 0.29) is 5.92 Å². The van der Waals surface area contributed by atoms with Gasteiger partial charge in [0, 0.05) is 17.9 Å². The number of Topliss-reactive ketones (excluding diaryl/α,β-unsaturated/α-hetero) is 1. The maximum absolute atomic E-state index is 12.8. The van der Waals surface area contributed by atoms with E-state index in [9.17, 15) is 4.79 Å². The van der Waals surface area contributed by atoms with Gasteiger partial charge in [-0.2, -0.15) is 5.10 Å². The van der Waals surface area contributed by atoms with Crippen LogP contribution >= 0.6 is 0 Å². The molecule has 4 saturated carbocycles. The number of carbonyl (C=O) groups is 1. The Labute approximate surface area is 118 Å². The van der Waals surface area contributed by atoms with Gasteiger partial charge in [0.2, 0.25) is 0 Å². The van der Waals surface area contributed by atoms with E-state index in [0.717, 1.165) is 11.8 Å². The van der Waals surface area contributed by atoms with Crippen LogP contribution in [0.15, 0.2) is 0 Å². The summed E-state index contributed by atoms with van der Waals surface area (Å²) in [6.07, 6.45) is 6.82. The van der Waals surface area contributed by atoms with Gasteiger partial charge in [-0.3, -0.25) is 9.89 Å². The first kappa shape index (κ1) is 12.2. The van der Waals surface area contributed by atoms with Crippen molar-refractivity contribution in [1.29, 1.82) is 0 Å². The zero-order valence-corrected chi connectivity index (χ0v) is 11.6. The normalized spacial score (nSPS) is 38.3. The minimum atomic E-state index is 0.247. The quantitative estimate of drug-likeness (QED) is 0.782. The third-order valence-electron chi connectivity index (χ3n) is 5.88. The number of hydrogen-bond acceptors (Lipinski definition) is 4. The summed E-state index contributed by atoms with van der Waals surface area (Å²) in [7, 11) is 0. The SMILES string of the molecule is Nc1n[nH]c(N)c1CC(=O)C1C2CC3CC(C2)CC1C3. The zero-order chi connectivity index (χ0) is 13.9. The summed E-state index contributed by atoms with van der Waals surface area (Å²) in [6, 6.07) is 0. The van der Waals surface area contributed by atoms with E-state index in [0.29, 0.717) is 41.2 Å². The van der Waals surface area contributed by atoms with Crippen molar-refractivity contribution in [2.75, 3.05) is 11.5 Å². The van der Waals surface area contributed by atoms with Crippen molar-refractivity contribution in [1.82, 2.24) is 10.2 Å². The van der Waals surface area contributed by atoms with Crippen molar-refractivity contribution in [3.05, 3.63) is 5.56 Å². The molecule has 5 heteroatoms. The lowest BCUT2D eigenvalue weighted by atomic mass is 9.51. The molecule has 1 aromatic heterocycles.